The van der Waals surface area contributed by atoms with Gasteiger partial charge in [0.2, 0.25) is 0 Å². The van der Waals surface area contributed by atoms with Crippen molar-refractivity contribution in [1.82, 2.24) is 9.97 Å². The lowest BCUT2D eigenvalue weighted by Gasteiger charge is -2.10. The van der Waals surface area contributed by atoms with Crippen molar-refractivity contribution in [3.63, 3.8) is 0 Å². The van der Waals surface area contributed by atoms with Gasteiger partial charge < -0.3 is 5.73 Å². The Labute approximate surface area is 178 Å². The molecule has 0 atom stereocenters. The highest BCUT2D eigenvalue weighted by atomic mass is 35.5. The van der Waals surface area contributed by atoms with Gasteiger partial charge in [-0.1, -0.05) is 84.0 Å². The van der Waals surface area contributed by atoms with E-state index in [0.717, 1.165) is 5.56 Å². The molecule has 6 heteroatoms. The third kappa shape index (κ3) is 4.19. The van der Waals surface area contributed by atoms with Crippen LogP contribution in [0.1, 0.15) is 22.4 Å². The van der Waals surface area contributed by atoms with E-state index in [2.05, 4.69) is 46.4 Å². The molecule has 29 heavy (non-hydrogen) atoms. The van der Waals surface area contributed by atoms with Crippen LogP contribution in [-0.2, 0) is 12.2 Å². The topological polar surface area (TPSA) is 75.6 Å². The predicted molar refractivity (Wildman–Crippen MR) is 119 cm³/mol. The molecule has 0 saturated carbocycles. The van der Waals surface area contributed by atoms with Crippen LogP contribution in [0, 0.1) is 11.3 Å². The average molecular weight is 417 g/mol. The molecule has 4 nitrogen and oxygen atoms in total. The summed E-state index contributed by atoms with van der Waals surface area (Å²) >= 11 is 7.79. The minimum atomic E-state index is 0.199. The van der Waals surface area contributed by atoms with Gasteiger partial charge in [0, 0.05) is 17.2 Å². The molecule has 0 aliphatic rings. The van der Waals surface area contributed by atoms with Crippen molar-refractivity contribution in [3.8, 4) is 6.07 Å². The fourth-order valence-electron chi connectivity index (χ4n) is 3.20. The normalized spacial score (nSPS) is 10.8. The summed E-state index contributed by atoms with van der Waals surface area (Å²) in [5.41, 5.74) is 9.06. The molecule has 4 rings (SSSR count). The predicted octanol–water partition coefficient (Wildman–Crippen LogP) is 5.62. The highest BCUT2D eigenvalue weighted by molar-refractivity contribution is 7.98. The van der Waals surface area contributed by atoms with E-state index in [-0.39, 0.29) is 5.82 Å². The number of anilines is 1. The summed E-state index contributed by atoms with van der Waals surface area (Å²) in [4.78, 5) is 8.96. The highest BCUT2D eigenvalue weighted by Crippen LogP contribution is 2.28. The summed E-state index contributed by atoms with van der Waals surface area (Å²) in [5, 5.41) is 13.1. The molecule has 0 bridgehead atoms. The number of hydrogen-bond donors (Lipinski definition) is 1. The van der Waals surface area contributed by atoms with Gasteiger partial charge in [-0.25, -0.2) is 9.97 Å². The number of nitrogens with two attached hydrogens (primary N) is 1. The minimum absolute atomic E-state index is 0.199. The lowest BCUT2D eigenvalue weighted by Crippen LogP contribution is -2.06. The molecule has 0 fully saturated rings. The van der Waals surface area contributed by atoms with Gasteiger partial charge in [-0.05, 0) is 28.0 Å². The Morgan fingerprint density at radius 2 is 1.66 bits per heavy atom. The third-order valence-electron chi connectivity index (χ3n) is 4.66. The molecule has 142 valence electrons. The van der Waals surface area contributed by atoms with E-state index in [1.807, 2.05) is 36.4 Å². The van der Waals surface area contributed by atoms with Crippen LogP contribution in [0.25, 0.3) is 10.8 Å². The van der Waals surface area contributed by atoms with E-state index in [4.69, 9.17) is 17.3 Å². The van der Waals surface area contributed by atoms with Crippen LogP contribution in [0.15, 0.2) is 71.9 Å². The van der Waals surface area contributed by atoms with E-state index in [9.17, 15) is 5.26 Å². The first kappa shape index (κ1) is 19.3. The number of nitrogen functional groups attached to an aromatic ring is 1. The Bertz CT molecular complexity index is 1230. The van der Waals surface area contributed by atoms with Crippen LogP contribution in [-0.4, -0.2) is 9.97 Å². The molecule has 0 aliphatic carbocycles. The van der Waals surface area contributed by atoms with Gasteiger partial charge in [-0.15, -0.1) is 0 Å². The van der Waals surface area contributed by atoms with Crippen LogP contribution in [0.4, 0.5) is 5.82 Å². The van der Waals surface area contributed by atoms with Crippen molar-refractivity contribution in [1.29, 1.82) is 5.26 Å². The lowest BCUT2D eigenvalue weighted by molar-refractivity contribution is 0.902. The van der Waals surface area contributed by atoms with E-state index in [0.29, 0.717) is 33.6 Å². The highest BCUT2D eigenvalue weighted by Gasteiger charge is 2.15. The summed E-state index contributed by atoms with van der Waals surface area (Å²) in [5.74, 6) is 0.906. The maximum absolute atomic E-state index is 9.51. The van der Waals surface area contributed by atoms with Gasteiger partial charge >= 0.3 is 0 Å². The first-order chi connectivity index (χ1) is 14.2. The molecule has 0 radical (unpaired) electrons. The molecule has 2 N–H and O–H groups in total. The number of nitriles is 1. The number of hydrogen-bond acceptors (Lipinski definition) is 5. The molecular weight excluding hydrogens is 400 g/mol. The number of thioether (sulfide) groups is 1. The summed E-state index contributed by atoms with van der Waals surface area (Å²) in [6.45, 7) is 0. The second-order valence-electron chi connectivity index (χ2n) is 6.52. The van der Waals surface area contributed by atoms with Crippen molar-refractivity contribution >= 4 is 40.0 Å². The number of nitrogens with zero attached hydrogens (tertiary/aromatic N) is 3. The smallest absolute Gasteiger partial charge is 0.190 e. The van der Waals surface area contributed by atoms with Crippen molar-refractivity contribution in [2.45, 2.75) is 17.3 Å². The second kappa shape index (κ2) is 8.52. The van der Waals surface area contributed by atoms with Gasteiger partial charge in [-0.3, -0.25) is 0 Å². The molecule has 0 saturated heterocycles. The first-order valence-corrected chi connectivity index (χ1v) is 10.4. The SMILES string of the molecule is N#Cc1c(N)nc(SCc2cccc3ccccc23)nc1Cc1ccccc1Cl. The van der Waals surface area contributed by atoms with Crippen LogP contribution in [0.3, 0.4) is 0 Å². The van der Waals surface area contributed by atoms with Gasteiger partial charge in [0.05, 0.1) is 5.69 Å². The maximum Gasteiger partial charge on any atom is 0.190 e. The summed E-state index contributed by atoms with van der Waals surface area (Å²) < 4.78 is 0. The molecule has 0 spiro atoms. The quantitative estimate of drug-likeness (QED) is 0.337. The van der Waals surface area contributed by atoms with Crippen molar-refractivity contribution in [3.05, 3.63) is 94.1 Å². The average Bonchev–Trinajstić information content (AvgIpc) is 2.74. The van der Waals surface area contributed by atoms with Crippen LogP contribution < -0.4 is 5.73 Å². The minimum Gasteiger partial charge on any atom is -0.382 e. The van der Waals surface area contributed by atoms with Gasteiger partial charge in [0.15, 0.2) is 5.16 Å². The van der Waals surface area contributed by atoms with E-state index in [1.54, 1.807) is 0 Å². The van der Waals surface area contributed by atoms with Crippen LogP contribution in [0.5, 0.6) is 0 Å². The zero-order chi connectivity index (χ0) is 20.2. The Morgan fingerprint density at radius 1 is 0.931 bits per heavy atom. The Balaban J connectivity index is 1.63. The Morgan fingerprint density at radius 3 is 2.48 bits per heavy atom. The van der Waals surface area contributed by atoms with Crippen LogP contribution in [0.2, 0.25) is 5.02 Å². The van der Waals surface area contributed by atoms with E-state index >= 15 is 0 Å². The summed E-state index contributed by atoms with van der Waals surface area (Å²) in [7, 11) is 0. The molecule has 4 aromatic rings. The van der Waals surface area contributed by atoms with Gasteiger partial charge in [0.1, 0.15) is 17.5 Å². The number of rotatable bonds is 5. The molecule has 1 aromatic heterocycles. The maximum atomic E-state index is 9.51. The van der Waals surface area contributed by atoms with Crippen molar-refractivity contribution in [2.75, 3.05) is 5.73 Å². The van der Waals surface area contributed by atoms with Crippen LogP contribution >= 0.6 is 23.4 Å². The Kier molecular flexibility index (Phi) is 5.66. The number of aromatic nitrogens is 2. The zero-order valence-electron chi connectivity index (χ0n) is 15.5. The summed E-state index contributed by atoms with van der Waals surface area (Å²) in [6.07, 6.45) is 0.428. The summed E-state index contributed by atoms with van der Waals surface area (Å²) in [6, 6.07) is 24.2. The van der Waals surface area contributed by atoms with Crippen molar-refractivity contribution < 1.29 is 0 Å². The number of halogens is 1. The monoisotopic (exact) mass is 416 g/mol. The fraction of sp³-hybridized carbons (Fsp3) is 0.0870. The largest absolute Gasteiger partial charge is 0.382 e. The van der Waals surface area contributed by atoms with E-state index in [1.165, 1.54) is 28.1 Å². The fourth-order valence-corrected chi connectivity index (χ4v) is 4.28. The lowest BCUT2D eigenvalue weighted by atomic mass is 10.1. The Hall–Kier alpha value is -3.07. The first-order valence-electron chi connectivity index (χ1n) is 9.05. The standard InChI is InChI=1S/C23H17ClN4S/c24-20-11-4-2-7-16(20)12-21-19(13-25)22(26)28-23(27-21)29-14-17-9-5-8-15-6-1-3-10-18(15)17/h1-11H,12,14H2,(H2,26,27,28). The molecule has 0 unspecified atom stereocenters. The van der Waals surface area contributed by atoms with Crippen molar-refractivity contribution in [2.24, 2.45) is 0 Å². The second-order valence-corrected chi connectivity index (χ2v) is 7.87. The molecular formula is C23H17ClN4S. The van der Waals surface area contributed by atoms with Gasteiger partial charge in [0.25, 0.3) is 0 Å². The molecule has 0 aliphatic heterocycles. The number of benzene rings is 3. The third-order valence-corrected chi connectivity index (χ3v) is 5.92. The van der Waals surface area contributed by atoms with Gasteiger partial charge in [-0.2, -0.15) is 5.26 Å². The molecule has 1 heterocycles. The molecule has 3 aromatic carbocycles. The number of fused-ring (bicyclic) bond motifs is 1. The molecule has 0 amide bonds. The zero-order valence-corrected chi connectivity index (χ0v) is 17.0. The van der Waals surface area contributed by atoms with E-state index < -0.39 is 0 Å².